The van der Waals surface area contributed by atoms with Crippen molar-refractivity contribution in [3.63, 3.8) is 0 Å². The van der Waals surface area contributed by atoms with E-state index in [0.717, 1.165) is 22.6 Å². The van der Waals surface area contributed by atoms with Crippen LogP contribution in [0.4, 0.5) is 5.69 Å². The van der Waals surface area contributed by atoms with Gasteiger partial charge in [0, 0.05) is 5.69 Å². The Bertz CT molecular complexity index is 336. The largest absolute Gasteiger partial charge is 0.485 e. The van der Waals surface area contributed by atoms with Crippen molar-refractivity contribution in [2.45, 2.75) is 34.6 Å². The molecule has 0 radical (unpaired) electrons. The van der Waals surface area contributed by atoms with E-state index >= 15 is 0 Å². The van der Waals surface area contributed by atoms with Gasteiger partial charge in [-0.2, -0.15) is 0 Å². The van der Waals surface area contributed by atoms with Crippen LogP contribution in [0.2, 0.25) is 0 Å². The summed E-state index contributed by atoms with van der Waals surface area (Å²) in [5.74, 6) is 0.773. The van der Waals surface area contributed by atoms with Crippen LogP contribution in [0.5, 0.6) is 5.75 Å². The number of hydrogen-bond donors (Lipinski definition) is 1. The van der Waals surface area contributed by atoms with Crippen LogP contribution in [0, 0.1) is 13.8 Å². The first kappa shape index (κ1) is 14.5. The Labute approximate surface area is 97.6 Å². The van der Waals surface area contributed by atoms with Crippen LogP contribution < -0.4 is 10.5 Å². The Morgan fingerprint density at radius 2 is 1.69 bits per heavy atom. The first-order valence-electron chi connectivity index (χ1n) is 5.49. The second-order valence-corrected chi connectivity index (χ2v) is 3.47. The number of nitrogens with two attached hydrogens (primary N) is 1. The molecule has 3 heteroatoms. The number of hydrogen-bond acceptors (Lipinski definition) is 3. The Balaban J connectivity index is 0.00000106. The van der Waals surface area contributed by atoms with Gasteiger partial charge < -0.3 is 10.5 Å². The van der Waals surface area contributed by atoms with E-state index in [2.05, 4.69) is 0 Å². The van der Waals surface area contributed by atoms with Crippen LogP contribution in [0.1, 0.15) is 31.9 Å². The molecule has 0 spiro atoms. The van der Waals surface area contributed by atoms with Gasteiger partial charge in [-0.25, -0.2) is 0 Å². The molecule has 0 heterocycles. The molecule has 0 aliphatic rings. The Kier molecular flexibility index (Phi) is 6.23. The van der Waals surface area contributed by atoms with Crippen molar-refractivity contribution in [1.29, 1.82) is 0 Å². The number of benzene rings is 1. The summed E-state index contributed by atoms with van der Waals surface area (Å²) in [6.45, 7) is 9.45. The fourth-order valence-electron chi connectivity index (χ4n) is 1.39. The first-order valence-corrected chi connectivity index (χ1v) is 5.49. The van der Waals surface area contributed by atoms with Gasteiger partial charge in [0.1, 0.15) is 12.4 Å². The molecule has 0 aromatic heterocycles. The number of ether oxygens (including phenoxy) is 1. The summed E-state index contributed by atoms with van der Waals surface area (Å²) >= 11 is 0. The molecule has 1 rings (SSSR count). The van der Waals surface area contributed by atoms with E-state index in [1.807, 2.05) is 39.8 Å². The molecule has 90 valence electrons. The van der Waals surface area contributed by atoms with Crippen molar-refractivity contribution < 1.29 is 9.53 Å². The van der Waals surface area contributed by atoms with Crippen molar-refractivity contribution in [3.05, 3.63) is 23.3 Å². The molecule has 0 saturated heterocycles. The van der Waals surface area contributed by atoms with Crippen LogP contribution >= 0.6 is 0 Å². The third-order valence-corrected chi connectivity index (χ3v) is 1.90. The average Bonchev–Trinajstić information content (AvgIpc) is 2.18. The normalized spacial score (nSPS) is 9.06. The fraction of sp³-hybridized carbons (Fsp3) is 0.462. The van der Waals surface area contributed by atoms with E-state index in [1.54, 1.807) is 0 Å². The molecule has 1 aromatic rings. The quantitative estimate of drug-likeness (QED) is 0.802. The summed E-state index contributed by atoms with van der Waals surface area (Å²) in [4.78, 5) is 10.8. The van der Waals surface area contributed by atoms with Gasteiger partial charge in [-0.3, -0.25) is 4.79 Å². The molecular formula is C13H21NO2. The Hall–Kier alpha value is -1.51. The third-order valence-electron chi connectivity index (χ3n) is 1.90. The van der Waals surface area contributed by atoms with Gasteiger partial charge in [0.05, 0.1) is 0 Å². The maximum Gasteiger partial charge on any atom is 0.167 e. The number of carbonyl (C=O) groups excluding carboxylic acids is 1. The minimum Gasteiger partial charge on any atom is -0.485 e. The standard InChI is InChI=1S/C11H15NO2.C2H6/c1-7-4-10(12)5-8(2)11(7)14-6-9(3)13;1-2/h4-5H,6,12H2,1-3H3;1-2H3. The minimum absolute atomic E-state index is 0.0145. The number of rotatable bonds is 3. The lowest BCUT2D eigenvalue weighted by Gasteiger charge is -2.11. The van der Waals surface area contributed by atoms with Crippen molar-refractivity contribution in [2.24, 2.45) is 0 Å². The van der Waals surface area contributed by atoms with Gasteiger partial charge in [0.15, 0.2) is 5.78 Å². The lowest BCUT2D eigenvalue weighted by molar-refractivity contribution is -0.118. The van der Waals surface area contributed by atoms with Crippen LogP contribution in [0.15, 0.2) is 12.1 Å². The first-order chi connectivity index (χ1) is 7.50. The molecule has 0 aliphatic heterocycles. The van der Waals surface area contributed by atoms with Crippen molar-refractivity contribution in [3.8, 4) is 5.75 Å². The van der Waals surface area contributed by atoms with Crippen LogP contribution in [0.25, 0.3) is 0 Å². The topological polar surface area (TPSA) is 52.3 Å². The number of anilines is 1. The number of carbonyl (C=O) groups is 1. The molecular weight excluding hydrogens is 202 g/mol. The maximum atomic E-state index is 10.8. The SMILES string of the molecule is CC.CC(=O)COc1c(C)cc(N)cc1C. The summed E-state index contributed by atoms with van der Waals surface area (Å²) in [6, 6.07) is 3.67. The zero-order valence-electron chi connectivity index (χ0n) is 10.8. The van der Waals surface area contributed by atoms with Crippen molar-refractivity contribution in [2.75, 3.05) is 12.3 Å². The third kappa shape index (κ3) is 4.34. The summed E-state index contributed by atoms with van der Waals surface area (Å²) in [5.41, 5.74) is 8.30. The summed E-state index contributed by atoms with van der Waals surface area (Å²) in [6.07, 6.45) is 0. The van der Waals surface area contributed by atoms with E-state index < -0.39 is 0 Å². The van der Waals surface area contributed by atoms with E-state index in [1.165, 1.54) is 6.92 Å². The molecule has 0 bridgehead atoms. The second-order valence-electron chi connectivity index (χ2n) is 3.47. The summed E-state index contributed by atoms with van der Waals surface area (Å²) in [7, 11) is 0. The molecule has 0 fully saturated rings. The molecule has 3 nitrogen and oxygen atoms in total. The lowest BCUT2D eigenvalue weighted by Crippen LogP contribution is -2.08. The zero-order chi connectivity index (χ0) is 12.7. The Morgan fingerprint density at radius 3 is 2.06 bits per heavy atom. The smallest absolute Gasteiger partial charge is 0.167 e. The van der Waals surface area contributed by atoms with Crippen LogP contribution in [0.3, 0.4) is 0 Å². The average molecular weight is 223 g/mol. The molecule has 0 aliphatic carbocycles. The van der Waals surface area contributed by atoms with Gasteiger partial charge in [0.2, 0.25) is 0 Å². The summed E-state index contributed by atoms with van der Waals surface area (Å²) in [5, 5.41) is 0. The highest BCUT2D eigenvalue weighted by Gasteiger charge is 2.05. The van der Waals surface area contributed by atoms with Crippen molar-refractivity contribution >= 4 is 11.5 Å². The highest BCUT2D eigenvalue weighted by molar-refractivity contribution is 5.77. The monoisotopic (exact) mass is 223 g/mol. The molecule has 1 aromatic carbocycles. The fourth-order valence-corrected chi connectivity index (χ4v) is 1.39. The molecule has 0 unspecified atom stereocenters. The molecule has 0 amide bonds. The van der Waals surface area contributed by atoms with Gasteiger partial charge in [0.25, 0.3) is 0 Å². The van der Waals surface area contributed by atoms with Gasteiger partial charge in [-0.1, -0.05) is 13.8 Å². The summed E-state index contributed by atoms with van der Waals surface area (Å²) < 4.78 is 5.38. The minimum atomic E-state index is 0.0145. The second kappa shape index (κ2) is 6.88. The van der Waals surface area contributed by atoms with E-state index in [0.29, 0.717) is 0 Å². The van der Waals surface area contributed by atoms with E-state index in [4.69, 9.17) is 10.5 Å². The number of aryl methyl sites for hydroxylation is 2. The highest BCUT2D eigenvalue weighted by atomic mass is 16.5. The molecule has 16 heavy (non-hydrogen) atoms. The van der Waals surface area contributed by atoms with Crippen molar-refractivity contribution in [1.82, 2.24) is 0 Å². The van der Waals surface area contributed by atoms with Crippen LogP contribution in [-0.4, -0.2) is 12.4 Å². The van der Waals surface area contributed by atoms with E-state index in [9.17, 15) is 4.79 Å². The number of nitrogen functional groups attached to an aromatic ring is 1. The molecule has 0 atom stereocenters. The molecule has 2 N–H and O–H groups in total. The van der Waals surface area contributed by atoms with Gasteiger partial charge in [-0.15, -0.1) is 0 Å². The lowest BCUT2D eigenvalue weighted by atomic mass is 10.1. The van der Waals surface area contributed by atoms with Gasteiger partial charge >= 0.3 is 0 Å². The molecule has 0 saturated carbocycles. The predicted molar refractivity (Wildman–Crippen MR) is 67.9 cm³/mol. The van der Waals surface area contributed by atoms with Crippen LogP contribution in [-0.2, 0) is 4.79 Å². The number of Topliss-reactive ketones (excluding diaryl/α,β-unsaturated/α-hetero) is 1. The maximum absolute atomic E-state index is 10.8. The highest BCUT2D eigenvalue weighted by Crippen LogP contribution is 2.25. The van der Waals surface area contributed by atoms with E-state index in [-0.39, 0.29) is 12.4 Å². The predicted octanol–water partition coefficient (Wildman–Crippen LogP) is 2.88. The zero-order valence-corrected chi connectivity index (χ0v) is 10.8. The van der Waals surface area contributed by atoms with Gasteiger partial charge in [-0.05, 0) is 44.0 Å². The Morgan fingerprint density at radius 1 is 1.25 bits per heavy atom. The number of ketones is 1.